The third-order valence-electron chi connectivity index (χ3n) is 8.36. The van der Waals surface area contributed by atoms with Crippen molar-refractivity contribution in [2.45, 2.75) is 66.2 Å². The van der Waals surface area contributed by atoms with Gasteiger partial charge in [-0.25, -0.2) is 0 Å². The standard InChI is InChI=1S/C22H16N2O2.C17H29NO/c1-23-17-9-5-3-7-13(17)21(25)15-12-20-16(11-19(15)23)22(26)14-8-4-6-10-18(14)24(20)2;1-13(2)16(15-11-9-8-10-12-15)18(17(5,6)7)19-14(3)4/h3-12H,1-2H3;8-14,16H,1-7H3. The predicted molar refractivity (Wildman–Crippen MR) is 189 cm³/mol. The van der Waals surface area contributed by atoms with Crippen molar-refractivity contribution < 1.29 is 4.84 Å². The number of aromatic nitrogens is 2. The Morgan fingerprint density at radius 1 is 0.600 bits per heavy atom. The van der Waals surface area contributed by atoms with E-state index in [1.54, 1.807) is 0 Å². The number of nitrogens with zero attached hydrogens (tertiary/aromatic N) is 3. The van der Waals surface area contributed by atoms with Crippen molar-refractivity contribution in [3.8, 4) is 0 Å². The van der Waals surface area contributed by atoms with Crippen LogP contribution in [0.25, 0.3) is 43.6 Å². The Morgan fingerprint density at radius 2 is 1.02 bits per heavy atom. The minimum absolute atomic E-state index is 0.00351. The highest BCUT2D eigenvalue weighted by Crippen LogP contribution is 2.35. The quantitative estimate of drug-likeness (QED) is 0.146. The fourth-order valence-electron chi connectivity index (χ4n) is 6.27. The van der Waals surface area contributed by atoms with Gasteiger partial charge in [0.15, 0.2) is 10.9 Å². The van der Waals surface area contributed by atoms with E-state index in [0.29, 0.717) is 27.5 Å². The predicted octanol–water partition coefficient (Wildman–Crippen LogP) is 8.52. The van der Waals surface area contributed by atoms with Gasteiger partial charge in [0.05, 0.1) is 34.2 Å². The Labute approximate surface area is 265 Å². The summed E-state index contributed by atoms with van der Waals surface area (Å²) in [5.74, 6) is 0.486. The smallest absolute Gasteiger partial charge is 0.197 e. The number of hydroxylamine groups is 2. The zero-order valence-corrected chi connectivity index (χ0v) is 28.0. The molecule has 0 N–H and O–H groups in total. The van der Waals surface area contributed by atoms with Gasteiger partial charge in [-0.1, -0.05) is 68.4 Å². The maximum absolute atomic E-state index is 13.0. The van der Waals surface area contributed by atoms with Crippen LogP contribution >= 0.6 is 0 Å². The molecule has 0 aliphatic rings. The lowest BCUT2D eigenvalue weighted by molar-refractivity contribution is -0.266. The molecule has 0 aliphatic heterocycles. The van der Waals surface area contributed by atoms with Gasteiger partial charge >= 0.3 is 0 Å². The number of aryl methyl sites for hydroxylation is 2. The largest absolute Gasteiger partial charge is 0.343 e. The second kappa shape index (κ2) is 12.6. The van der Waals surface area contributed by atoms with Gasteiger partial charge in [0.2, 0.25) is 0 Å². The molecule has 6 rings (SSSR count). The van der Waals surface area contributed by atoms with Crippen molar-refractivity contribution in [3.05, 3.63) is 117 Å². The van der Waals surface area contributed by atoms with Crippen LogP contribution in [0.3, 0.4) is 0 Å². The van der Waals surface area contributed by atoms with Gasteiger partial charge in [0.25, 0.3) is 0 Å². The molecule has 6 nitrogen and oxygen atoms in total. The van der Waals surface area contributed by atoms with Gasteiger partial charge in [0.1, 0.15) is 0 Å². The first kappa shape index (κ1) is 32.1. The molecule has 0 saturated heterocycles. The summed E-state index contributed by atoms with van der Waals surface area (Å²) in [4.78, 5) is 32.2. The molecule has 0 saturated carbocycles. The Bertz CT molecular complexity index is 1990. The summed E-state index contributed by atoms with van der Waals surface area (Å²) in [6.07, 6.45) is 0.184. The third-order valence-corrected chi connectivity index (χ3v) is 8.36. The fourth-order valence-corrected chi connectivity index (χ4v) is 6.27. The molecule has 2 aromatic heterocycles. The summed E-state index contributed by atoms with van der Waals surface area (Å²) in [5.41, 5.74) is 4.54. The molecule has 45 heavy (non-hydrogen) atoms. The van der Waals surface area contributed by atoms with Gasteiger partial charge < -0.3 is 9.13 Å². The number of benzene rings is 4. The minimum atomic E-state index is -0.0327. The SMILES string of the molecule is CC(C)ON(C(c1ccccc1)C(C)C)C(C)(C)C.Cn1c2ccccc2c(=O)c2cc3c(cc21)c(=O)c1ccccc1n3C. The van der Waals surface area contributed by atoms with Gasteiger partial charge in [-0.3, -0.25) is 14.4 Å². The average molecular weight is 604 g/mol. The molecule has 0 radical (unpaired) electrons. The highest BCUT2D eigenvalue weighted by molar-refractivity contribution is 6.03. The summed E-state index contributed by atoms with van der Waals surface area (Å²) in [6.45, 7) is 15.3. The van der Waals surface area contributed by atoms with Crippen molar-refractivity contribution >= 4 is 43.6 Å². The van der Waals surface area contributed by atoms with E-state index >= 15 is 0 Å². The molecule has 234 valence electrons. The van der Waals surface area contributed by atoms with Gasteiger partial charge in [-0.05, 0) is 82.5 Å². The number of rotatable bonds is 5. The number of fused-ring (bicyclic) bond motifs is 4. The molecule has 1 unspecified atom stereocenters. The maximum Gasteiger partial charge on any atom is 0.197 e. The second-order valence-corrected chi connectivity index (χ2v) is 13.4. The lowest BCUT2D eigenvalue weighted by atomic mass is 9.92. The fraction of sp³-hybridized carbons (Fsp3) is 0.333. The van der Waals surface area contributed by atoms with Crippen LogP contribution in [0, 0.1) is 5.92 Å². The average Bonchev–Trinajstić information content (AvgIpc) is 3.01. The van der Waals surface area contributed by atoms with Gasteiger partial charge in [-0.2, -0.15) is 5.06 Å². The lowest BCUT2D eigenvalue weighted by Gasteiger charge is -2.43. The number of pyridine rings is 2. The Balaban J connectivity index is 0.000000189. The Hall–Kier alpha value is -4.26. The first-order valence-corrected chi connectivity index (χ1v) is 15.7. The molecule has 2 heterocycles. The third kappa shape index (κ3) is 6.18. The minimum Gasteiger partial charge on any atom is -0.343 e. The van der Waals surface area contributed by atoms with Crippen molar-refractivity contribution in [3.63, 3.8) is 0 Å². The van der Waals surface area contributed by atoms with Crippen LogP contribution in [0.5, 0.6) is 0 Å². The van der Waals surface area contributed by atoms with Crippen LogP contribution in [0.4, 0.5) is 0 Å². The van der Waals surface area contributed by atoms with Crippen LogP contribution in [0.2, 0.25) is 0 Å². The van der Waals surface area contributed by atoms with E-state index in [-0.39, 0.29) is 28.5 Å². The molecule has 1 atom stereocenters. The Morgan fingerprint density at radius 3 is 1.42 bits per heavy atom. The van der Waals surface area contributed by atoms with Crippen LogP contribution in [0.1, 0.15) is 60.1 Å². The van der Waals surface area contributed by atoms with Crippen molar-refractivity contribution in [2.24, 2.45) is 20.0 Å². The van der Waals surface area contributed by atoms with E-state index in [0.717, 1.165) is 22.1 Å². The Kier molecular flexibility index (Phi) is 9.02. The number of hydrogen-bond acceptors (Lipinski definition) is 4. The molecule has 6 heteroatoms. The van der Waals surface area contributed by atoms with E-state index in [4.69, 9.17) is 4.84 Å². The molecule has 6 aromatic rings. The summed E-state index contributed by atoms with van der Waals surface area (Å²) in [5, 5.41) is 4.80. The zero-order chi connectivity index (χ0) is 32.6. The first-order chi connectivity index (χ1) is 21.3. The molecular weight excluding hydrogens is 558 g/mol. The molecule has 0 spiro atoms. The van der Waals surface area contributed by atoms with Crippen LogP contribution in [-0.4, -0.2) is 25.8 Å². The van der Waals surface area contributed by atoms with Crippen LogP contribution < -0.4 is 10.9 Å². The number of hydrogen-bond donors (Lipinski definition) is 0. The van der Waals surface area contributed by atoms with Crippen molar-refractivity contribution in [1.82, 2.24) is 14.2 Å². The summed E-state index contributed by atoms with van der Waals surface area (Å²) >= 11 is 0. The molecule has 0 amide bonds. The topological polar surface area (TPSA) is 56.5 Å². The highest BCUT2D eigenvalue weighted by atomic mass is 16.7. The van der Waals surface area contributed by atoms with Gasteiger partial charge in [-0.15, -0.1) is 0 Å². The molecule has 0 bridgehead atoms. The lowest BCUT2D eigenvalue weighted by Crippen LogP contribution is -2.46. The van der Waals surface area contributed by atoms with Gasteiger partial charge in [0, 0.05) is 41.2 Å². The summed E-state index contributed by atoms with van der Waals surface area (Å²) in [7, 11) is 3.86. The van der Waals surface area contributed by atoms with E-state index in [1.807, 2.05) is 83.9 Å². The molecule has 0 fully saturated rings. The summed E-state index contributed by atoms with van der Waals surface area (Å²) < 4.78 is 3.97. The second-order valence-electron chi connectivity index (χ2n) is 13.4. The molecular formula is C39H45N3O3. The van der Waals surface area contributed by atoms with E-state index in [2.05, 4.69) is 83.9 Å². The highest BCUT2D eigenvalue weighted by Gasteiger charge is 2.33. The van der Waals surface area contributed by atoms with E-state index < -0.39 is 0 Å². The van der Waals surface area contributed by atoms with E-state index in [1.165, 1.54) is 5.56 Å². The van der Waals surface area contributed by atoms with Crippen molar-refractivity contribution in [1.29, 1.82) is 0 Å². The number of para-hydroxylation sites is 2. The van der Waals surface area contributed by atoms with E-state index in [9.17, 15) is 9.59 Å². The maximum atomic E-state index is 13.0. The first-order valence-electron chi connectivity index (χ1n) is 15.7. The van der Waals surface area contributed by atoms with Crippen molar-refractivity contribution in [2.75, 3.05) is 0 Å². The normalized spacial score (nSPS) is 12.9. The summed E-state index contributed by atoms with van der Waals surface area (Å²) in [6, 6.07) is 29.7. The molecule has 0 aliphatic carbocycles. The molecule has 4 aromatic carbocycles. The van der Waals surface area contributed by atoms with Crippen LogP contribution in [0.15, 0.2) is 101 Å². The monoisotopic (exact) mass is 603 g/mol. The zero-order valence-electron chi connectivity index (χ0n) is 28.0. The van der Waals surface area contributed by atoms with Crippen LogP contribution in [-0.2, 0) is 18.9 Å².